The Morgan fingerprint density at radius 1 is 1.35 bits per heavy atom. The molecule has 3 aromatic heterocycles. The fourth-order valence-corrected chi connectivity index (χ4v) is 5.00. The number of pyridine rings is 1. The highest BCUT2D eigenvalue weighted by Gasteiger charge is 2.26. The molecular weight excluding hydrogens is 423 g/mol. The smallest absolute Gasteiger partial charge is 0.328 e. The number of nitrogens with zero attached hydrogens (tertiary/aromatic N) is 4. The van der Waals surface area contributed by atoms with Gasteiger partial charge in [0.15, 0.2) is 11.5 Å². The molecule has 164 valence electrons. The maximum atomic E-state index is 14.3. The van der Waals surface area contributed by atoms with Crippen molar-refractivity contribution >= 4 is 33.1 Å². The number of anilines is 1. The number of rotatable bonds is 4. The summed E-state index contributed by atoms with van der Waals surface area (Å²) in [5.74, 6) is -1.20. The molecule has 0 spiro atoms. The van der Waals surface area contributed by atoms with Gasteiger partial charge in [0.05, 0.1) is 17.4 Å². The van der Waals surface area contributed by atoms with Gasteiger partial charge in [0.2, 0.25) is 0 Å². The standard InChI is InChI=1S/C20H23FN6O3S/c1-11-9-26(10-13-7-15-17(31-13)19(29)25(3)20(30)24-15)4-5-27(11)12-6-14(21)16(23-8-12)18(28)22-2/h6-8,11H,4-5,9-10H2,1-3H3,(H,22,28)(H,24,30). The number of amides is 1. The first-order valence-corrected chi connectivity index (χ1v) is 10.7. The topological polar surface area (TPSA) is 103 Å². The Morgan fingerprint density at radius 2 is 2.13 bits per heavy atom. The van der Waals surface area contributed by atoms with Gasteiger partial charge in [0, 0.05) is 57.3 Å². The number of carbonyl (C=O) groups is 1. The lowest BCUT2D eigenvalue weighted by molar-refractivity contribution is 0.0953. The molecule has 1 fully saturated rings. The first kappa shape index (κ1) is 21.2. The second kappa shape index (κ2) is 8.23. The maximum absolute atomic E-state index is 14.3. The van der Waals surface area contributed by atoms with Crippen LogP contribution in [0.5, 0.6) is 0 Å². The van der Waals surface area contributed by atoms with E-state index in [1.807, 2.05) is 6.07 Å². The zero-order valence-corrected chi connectivity index (χ0v) is 18.3. The number of aromatic amines is 1. The van der Waals surface area contributed by atoms with Gasteiger partial charge < -0.3 is 15.2 Å². The summed E-state index contributed by atoms with van der Waals surface area (Å²) in [5, 5.41) is 2.38. The van der Waals surface area contributed by atoms with E-state index in [9.17, 15) is 18.8 Å². The van der Waals surface area contributed by atoms with E-state index >= 15 is 0 Å². The van der Waals surface area contributed by atoms with E-state index in [1.165, 1.54) is 37.7 Å². The summed E-state index contributed by atoms with van der Waals surface area (Å²) >= 11 is 1.39. The molecule has 3 aromatic rings. The SMILES string of the molecule is CNC(=O)c1ncc(N2CCN(Cc3cc4[nH]c(=O)n(C)c(=O)c4s3)CC2C)cc1F. The molecule has 31 heavy (non-hydrogen) atoms. The Balaban J connectivity index is 1.47. The van der Waals surface area contributed by atoms with E-state index in [2.05, 4.69) is 32.0 Å². The normalized spacial score (nSPS) is 17.3. The largest absolute Gasteiger partial charge is 0.365 e. The fraction of sp³-hybridized carbons (Fsp3) is 0.400. The predicted molar refractivity (Wildman–Crippen MR) is 117 cm³/mol. The first-order chi connectivity index (χ1) is 14.8. The summed E-state index contributed by atoms with van der Waals surface area (Å²) in [6.45, 7) is 4.86. The number of H-pyrrole nitrogens is 1. The molecule has 0 aromatic carbocycles. The summed E-state index contributed by atoms with van der Waals surface area (Å²) in [4.78, 5) is 47.8. The molecule has 0 saturated carbocycles. The van der Waals surface area contributed by atoms with Crippen molar-refractivity contribution in [3.63, 3.8) is 0 Å². The highest BCUT2D eigenvalue weighted by atomic mass is 32.1. The third-order valence-electron chi connectivity index (χ3n) is 5.52. The molecule has 0 bridgehead atoms. The van der Waals surface area contributed by atoms with Crippen LogP contribution in [0.15, 0.2) is 27.9 Å². The van der Waals surface area contributed by atoms with Crippen molar-refractivity contribution in [1.29, 1.82) is 0 Å². The lowest BCUT2D eigenvalue weighted by Gasteiger charge is -2.41. The van der Waals surface area contributed by atoms with Crippen molar-refractivity contribution in [3.8, 4) is 0 Å². The Bertz CT molecular complexity index is 1270. The van der Waals surface area contributed by atoms with Crippen molar-refractivity contribution in [2.45, 2.75) is 19.5 Å². The van der Waals surface area contributed by atoms with Crippen molar-refractivity contribution < 1.29 is 9.18 Å². The zero-order valence-electron chi connectivity index (χ0n) is 17.4. The van der Waals surface area contributed by atoms with E-state index in [0.717, 1.165) is 22.5 Å². The highest BCUT2D eigenvalue weighted by molar-refractivity contribution is 7.18. The number of hydrogen-bond donors (Lipinski definition) is 2. The molecule has 1 aliphatic rings. The van der Waals surface area contributed by atoms with Gasteiger partial charge in [-0.3, -0.25) is 19.1 Å². The predicted octanol–water partition coefficient (Wildman–Crippen LogP) is 0.893. The number of fused-ring (bicyclic) bond motifs is 1. The van der Waals surface area contributed by atoms with E-state index in [-0.39, 0.29) is 17.3 Å². The Labute approximate surface area is 181 Å². The van der Waals surface area contributed by atoms with Gasteiger partial charge in [0.1, 0.15) is 4.70 Å². The molecule has 4 heterocycles. The summed E-state index contributed by atoms with van der Waals surface area (Å²) in [6.07, 6.45) is 1.53. The molecule has 1 atom stereocenters. The number of thiophene rings is 1. The van der Waals surface area contributed by atoms with E-state index < -0.39 is 17.4 Å². The lowest BCUT2D eigenvalue weighted by atomic mass is 10.1. The van der Waals surface area contributed by atoms with E-state index in [0.29, 0.717) is 29.0 Å². The molecule has 1 saturated heterocycles. The second-order valence-corrected chi connectivity index (χ2v) is 8.77. The average molecular weight is 447 g/mol. The van der Waals surface area contributed by atoms with Crippen LogP contribution in [0, 0.1) is 5.82 Å². The van der Waals surface area contributed by atoms with Crippen LogP contribution in [0.2, 0.25) is 0 Å². The Kier molecular flexibility index (Phi) is 5.63. The summed E-state index contributed by atoms with van der Waals surface area (Å²) in [5.41, 5.74) is 0.277. The first-order valence-electron chi connectivity index (χ1n) is 9.87. The van der Waals surface area contributed by atoms with E-state index in [1.54, 1.807) is 0 Å². The summed E-state index contributed by atoms with van der Waals surface area (Å²) in [6, 6.07) is 3.31. The Hall–Kier alpha value is -3.05. The third kappa shape index (κ3) is 3.98. The van der Waals surface area contributed by atoms with Gasteiger partial charge in [-0.15, -0.1) is 11.3 Å². The Morgan fingerprint density at radius 3 is 2.81 bits per heavy atom. The van der Waals surface area contributed by atoms with Gasteiger partial charge in [-0.25, -0.2) is 14.2 Å². The number of nitrogens with one attached hydrogen (secondary N) is 2. The maximum Gasteiger partial charge on any atom is 0.328 e. The van der Waals surface area contributed by atoms with Crippen LogP contribution in [-0.4, -0.2) is 58.1 Å². The van der Waals surface area contributed by atoms with Crippen LogP contribution < -0.4 is 21.5 Å². The molecule has 0 radical (unpaired) electrons. The van der Waals surface area contributed by atoms with Crippen molar-refractivity contribution in [1.82, 2.24) is 24.8 Å². The molecule has 1 aliphatic heterocycles. The molecule has 2 N–H and O–H groups in total. The minimum Gasteiger partial charge on any atom is -0.365 e. The summed E-state index contributed by atoms with van der Waals surface area (Å²) < 4.78 is 15.9. The monoisotopic (exact) mass is 446 g/mol. The van der Waals surface area contributed by atoms with Gasteiger partial charge in [-0.2, -0.15) is 0 Å². The van der Waals surface area contributed by atoms with Crippen molar-refractivity contribution in [3.05, 3.63) is 55.6 Å². The number of aromatic nitrogens is 3. The van der Waals surface area contributed by atoms with Crippen LogP contribution in [0.1, 0.15) is 22.3 Å². The van der Waals surface area contributed by atoms with Crippen molar-refractivity contribution in [2.24, 2.45) is 7.05 Å². The number of halogens is 1. The van der Waals surface area contributed by atoms with Gasteiger partial charge >= 0.3 is 5.69 Å². The van der Waals surface area contributed by atoms with Gasteiger partial charge in [0.25, 0.3) is 11.5 Å². The average Bonchev–Trinajstić information content (AvgIpc) is 3.14. The minimum atomic E-state index is -0.646. The lowest BCUT2D eigenvalue weighted by Crippen LogP contribution is -2.51. The minimum absolute atomic E-state index is 0.0999. The second-order valence-electron chi connectivity index (χ2n) is 7.63. The molecule has 0 aliphatic carbocycles. The summed E-state index contributed by atoms with van der Waals surface area (Å²) in [7, 11) is 2.89. The highest BCUT2D eigenvalue weighted by Crippen LogP contribution is 2.25. The number of piperazine rings is 1. The van der Waals surface area contributed by atoms with Crippen molar-refractivity contribution in [2.75, 3.05) is 31.6 Å². The van der Waals surface area contributed by atoms with Crippen LogP contribution in [-0.2, 0) is 13.6 Å². The van der Waals surface area contributed by atoms with Crippen LogP contribution in [0.3, 0.4) is 0 Å². The quantitative estimate of drug-likeness (QED) is 0.617. The number of carbonyl (C=O) groups excluding carboxylic acids is 1. The van der Waals surface area contributed by atoms with Gasteiger partial charge in [-0.1, -0.05) is 0 Å². The van der Waals surface area contributed by atoms with E-state index in [4.69, 9.17) is 0 Å². The van der Waals surface area contributed by atoms with Crippen LogP contribution in [0.4, 0.5) is 10.1 Å². The number of hydrogen-bond acceptors (Lipinski definition) is 7. The molecule has 1 amide bonds. The van der Waals surface area contributed by atoms with Gasteiger partial charge in [-0.05, 0) is 13.0 Å². The fourth-order valence-electron chi connectivity index (χ4n) is 3.87. The molecular formula is C20H23FN6O3S. The molecule has 11 heteroatoms. The molecule has 9 nitrogen and oxygen atoms in total. The molecule has 4 rings (SSSR count). The molecule has 1 unspecified atom stereocenters. The van der Waals surface area contributed by atoms with Crippen LogP contribution in [0.25, 0.3) is 10.2 Å². The zero-order chi connectivity index (χ0) is 22.3. The van der Waals surface area contributed by atoms with Crippen LogP contribution >= 0.6 is 11.3 Å². The third-order valence-corrected chi connectivity index (χ3v) is 6.63.